The molecule has 1 N–H and O–H groups in total. The molecule has 0 aromatic heterocycles. The van der Waals surface area contributed by atoms with Crippen LogP contribution in [-0.2, 0) is 4.74 Å². The van der Waals surface area contributed by atoms with Crippen LogP contribution < -0.4 is 5.32 Å². The van der Waals surface area contributed by atoms with Crippen LogP contribution >= 0.6 is 24.0 Å². The van der Waals surface area contributed by atoms with Crippen molar-refractivity contribution in [2.75, 3.05) is 59.0 Å². The van der Waals surface area contributed by atoms with E-state index in [0.29, 0.717) is 25.7 Å². The zero-order valence-electron chi connectivity index (χ0n) is 16.6. The van der Waals surface area contributed by atoms with Gasteiger partial charge in [-0.3, -0.25) is 9.89 Å². The maximum Gasteiger partial charge on any atom is 0.409 e. The van der Waals surface area contributed by atoms with Crippen molar-refractivity contribution in [3.8, 4) is 0 Å². The van der Waals surface area contributed by atoms with Crippen LogP contribution in [0.3, 0.4) is 0 Å². The van der Waals surface area contributed by atoms with E-state index in [2.05, 4.69) is 29.0 Å². The molecule has 0 aliphatic carbocycles. The lowest BCUT2D eigenvalue weighted by molar-refractivity contribution is 0.0914. The SMILES string of the molecule is CCNC(=NCCN1CCCCC1C)N1CCN(C(=O)OCC)CC1.I. The van der Waals surface area contributed by atoms with Crippen LogP contribution in [0.1, 0.15) is 40.0 Å². The molecule has 0 aromatic rings. The molecule has 2 aliphatic rings. The molecule has 7 nitrogen and oxygen atoms in total. The van der Waals surface area contributed by atoms with Crippen LogP contribution in [0.25, 0.3) is 0 Å². The van der Waals surface area contributed by atoms with Crippen molar-refractivity contribution in [3.05, 3.63) is 0 Å². The van der Waals surface area contributed by atoms with Crippen molar-refractivity contribution in [2.24, 2.45) is 4.99 Å². The number of amides is 1. The van der Waals surface area contributed by atoms with Crippen LogP contribution in [-0.4, -0.2) is 91.8 Å². The Labute approximate surface area is 175 Å². The second-order valence-electron chi connectivity index (χ2n) is 6.79. The highest BCUT2D eigenvalue weighted by atomic mass is 127. The number of halogens is 1. The van der Waals surface area contributed by atoms with Crippen LogP contribution in [0.4, 0.5) is 4.79 Å². The zero-order valence-corrected chi connectivity index (χ0v) is 18.9. The third kappa shape index (κ3) is 7.09. The third-order valence-corrected chi connectivity index (χ3v) is 5.03. The van der Waals surface area contributed by atoms with Gasteiger partial charge in [-0.05, 0) is 40.2 Å². The van der Waals surface area contributed by atoms with E-state index in [4.69, 9.17) is 9.73 Å². The van der Waals surface area contributed by atoms with Gasteiger partial charge in [-0.15, -0.1) is 24.0 Å². The molecule has 1 unspecified atom stereocenters. The van der Waals surface area contributed by atoms with E-state index in [1.165, 1.54) is 25.8 Å². The summed E-state index contributed by atoms with van der Waals surface area (Å²) in [5.74, 6) is 0.968. The van der Waals surface area contributed by atoms with Gasteiger partial charge in [0.25, 0.3) is 0 Å². The van der Waals surface area contributed by atoms with Crippen LogP contribution in [0.15, 0.2) is 4.99 Å². The summed E-state index contributed by atoms with van der Waals surface area (Å²) in [7, 11) is 0. The van der Waals surface area contributed by atoms with Crippen molar-refractivity contribution in [1.29, 1.82) is 0 Å². The first-order chi connectivity index (χ1) is 12.2. The number of hydrogen-bond acceptors (Lipinski definition) is 4. The largest absolute Gasteiger partial charge is 0.450 e. The molecule has 2 aliphatic heterocycles. The van der Waals surface area contributed by atoms with E-state index < -0.39 is 0 Å². The molecule has 152 valence electrons. The molecule has 2 fully saturated rings. The van der Waals surface area contributed by atoms with Gasteiger partial charge in [0.15, 0.2) is 5.96 Å². The summed E-state index contributed by atoms with van der Waals surface area (Å²) in [6.45, 7) is 13.6. The fraction of sp³-hybridized carbons (Fsp3) is 0.889. The number of hydrogen-bond donors (Lipinski definition) is 1. The van der Waals surface area contributed by atoms with Crippen LogP contribution in [0.5, 0.6) is 0 Å². The number of piperidine rings is 1. The minimum atomic E-state index is -0.205. The monoisotopic (exact) mass is 481 g/mol. The Hall–Kier alpha value is -0.770. The summed E-state index contributed by atoms with van der Waals surface area (Å²) in [4.78, 5) is 23.2. The van der Waals surface area contributed by atoms with E-state index in [-0.39, 0.29) is 30.1 Å². The third-order valence-electron chi connectivity index (χ3n) is 5.03. The van der Waals surface area contributed by atoms with Gasteiger partial charge in [-0.2, -0.15) is 0 Å². The van der Waals surface area contributed by atoms with Gasteiger partial charge in [0, 0.05) is 45.3 Å². The molecule has 2 rings (SSSR count). The maximum absolute atomic E-state index is 11.8. The molecule has 8 heteroatoms. The van der Waals surface area contributed by atoms with Crippen molar-refractivity contribution in [2.45, 2.75) is 46.1 Å². The highest BCUT2D eigenvalue weighted by molar-refractivity contribution is 14.0. The van der Waals surface area contributed by atoms with Crippen LogP contribution in [0.2, 0.25) is 0 Å². The molecule has 0 spiro atoms. The van der Waals surface area contributed by atoms with Crippen molar-refractivity contribution >= 4 is 36.0 Å². The van der Waals surface area contributed by atoms with Gasteiger partial charge < -0.3 is 19.9 Å². The van der Waals surface area contributed by atoms with Gasteiger partial charge >= 0.3 is 6.09 Å². The molecule has 26 heavy (non-hydrogen) atoms. The standard InChI is InChI=1S/C18H35N5O2.HI/c1-4-19-17(20-9-11-21-10-7-6-8-16(21)3)22-12-14-23(15-13-22)18(24)25-5-2;/h16H,4-15H2,1-3H3,(H,19,20);1H. The summed E-state index contributed by atoms with van der Waals surface area (Å²) < 4.78 is 5.08. The van der Waals surface area contributed by atoms with E-state index in [1.54, 1.807) is 4.90 Å². The number of ether oxygens (including phenoxy) is 1. The Morgan fingerprint density at radius 1 is 1.12 bits per heavy atom. The molecule has 2 saturated heterocycles. The van der Waals surface area contributed by atoms with Crippen LogP contribution in [0, 0.1) is 0 Å². The summed E-state index contributed by atoms with van der Waals surface area (Å²) >= 11 is 0. The molecule has 0 radical (unpaired) electrons. The minimum absolute atomic E-state index is 0. The van der Waals surface area contributed by atoms with Gasteiger partial charge in [-0.1, -0.05) is 6.42 Å². The van der Waals surface area contributed by atoms with Crippen molar-refractivity contribution in [1.82, 2.24) is 20.0 Å². The first-order valence-electron chi connectivity index (χ1n) is 9.84. The second-order valence-corrected chi connectivity index (χ2v) is 6.79. The average Bonchev–Trinajstić information content (AvgIpc) is 2.63. The highest BCUT2D eigenvalue weighted by Gasteiger charge is 2.24. The number of carbonyl (C=O) groups is 1. The number of guanidine groups is 1. The summed E-state index contributed by atoms with van der Waals surface area (Å²) in [6, 6.07) is 0.680. The first kappa shape index (κ1) is 23.3. The topological polar surface area (TPSA) is 60.4 Å². The van der Waals surface area contributed by atoms with Gasteiger partial charge in [0.2, 0.25) is 0 Å². The number of rotatable bonds is 5. The van der Waals surface area contributed by atoms with Crippen molar-refractivity contribution < 1.29 is 9.53 Å². The van der Waals surface area contributed by atoms with Gasteiger partial charge in [-0.25, -0.2) is 4.79 Å². The number of likely N-dealkylation sites (tertiary alicyclic amines) is 1. The lowest BCUT2D eigenvalue weighted by Crippen LogP contribution is -2.54. The lowest BCUT2D eigenvalue weighted by atomic mass is 10.0. The predicted molar refractivity (Wildman–Crippen MR) is 116 cm³/mol. The zero-order chi connectivity index (χ0) is 18.1. The number of piperazine rings is 1. The molecule has 1 amide bonds. The van der Waals surface area contributed by atoms with Gasteiger partial charge in [0.05, 0.1) is 13.2 Å². The summed E-state index contributed by atoms with van der Waals surface area (Å²) in [6.07, 6.45) is 3.76. The number of nitrogens with one attached hydrogen (secondary N) is 1. The Kier molecular flexibility index (Phi) is 11.3. The Morgan fingerprint density at radius 3 is 2.42 bits per heavy atom. The number of aliphatic imine (C=N–C) groups is 1. The summed E-state index contributed by atoms with van der Waals surface area (Å²) in [5, 5.41) is 3.39. The van der Waals surface area contributed by atoms with E-state index in [0.717, 1.165) is 38.7 Å². The van der Waals surface area contributed by atoms with Gasteiger partial charge in [0.1, 0.15) is 0 Å². The van der Waals surface area contributed by atoms with E-state index in [1.807, 2.05) is 6.92 Å². The second kappa shape index (κ2) is 12.6. The molecule has 2 heterocycles. The van der Waals surface area contributed by atoms with E-state index in [9.17, 15) is 4.79 Å². The smallest absolute Gasteiger partial charge is 0.409 e. The lowest BCUT2D eigenvalue weighted by Gasteiger charge is -2.36. The summed E-state index contributed by atoms with van der Waals surface area (Å²) in [5.41, 5.74) is 0. The maximum atomic E-state index is 11.8. The molecule has 0 bridgehead atoms. The Bertz CT molecular complexity index is 441. The Balaban J connectivity index is 0.00000338. The molecule has 0 aromatic carbocycles. The molecular weight excluding hydrogens is 445 g/mol. The Morgan fingerprint density at radius 2 is 1.81 bits per heavy atom. The number of nitrogens with zero attached hydrogens (tertiary/aromatic N) is 4. The fourth-order valence-corrected chi connectivity index (χ4v) is 3.52. The number of carbonyl (C=O) groups excluding carboxylic acids is 1. The van der Waals surface area contributed by atoms with E-state index >= 15 is 0 Å². The predicted octanol–water partition coefficient (Wildman–Crippen LogP) is 2.22. The first-order valence-corrected chi connectivity index (χ1v) is 9.84. The molecular formula is C18H36IN5O2. The normalized spacial score (nSPS) is 22.0. The quantitative estimate of drug-likeness (QED) is 0.371. The average molecular weight is 481 g/mol. The molecule has 0 saturated carbocycles. The highest BCUT2D eigenvalue weighted by Crippen LogP contribution is 2.15. The van der Waals surface area contributed by atoms with Crippen molar-refractivity contribution in [3.63, 3.8) is 0 Å². The molecule has 1 atom stereocenters. The minimum Gasteiger partial charge on any atom is -0.450 e. The fourth-order valence-electron chi connectivity index (χ4n) is 3.52.